The highest BCUT2D eigenvalue weighted by Gasteiger charge is 2.21. The maximum Gasteiger partial charge on any atom is 0.164 e. The molecular weight excluding hydrogens is 186 g/mol. The lowest BCUT2D eigenvalue weighted by Gasteiger charge is -2.24. The van der Waals surface area contributed by atoms with Crippen LogP contribution in [-0.4, -0.2) is 10.8 Å². The van der Waals surface area contributed by atoms with Crippen LogP contribution in [0.4, 0.5) is 0 Å². The lowest BCUT2D eigenvalue weighted by Crippen LogP contribution is -2.16. The van der Waals surface area contributed by atoms with Gasteiger partial charge < -0.3 is 0 Å². The van der Waals surface area contributed by atoms with Crippen molar-refractivity contribution in [2.45, 2.75) is 39.5 Å². The SMILES string of the molecule is Cc1cc(C(=O)CC2CCC2)cnc1C. The molecule has 15 heavy (non-hydrogen) atoms. The second kappa shape index (κ2) is 4.13. The number of ketones is 1. The Hall–Kier alpha value is -1.18. The number of nitrogens with zero attached hydrogens (tertiary/aromatic N) is 1. The number of hydrogen-bond acceptors (Lipinski definition) is 2. The zero-order chi connectivity index (χ0) is 10.8. The second-order valence-corrected chi connectivity index (χ2v) is 4.55. The van der Waals surface area contributed by atoms with E-state index in [0.717, 1.165) is 16.8 Å². The summed E-state index contributed by atoms with van der Waals surface area (Å²) in [6, 6.07) is 1.96. The number of Topliss-reactive ketones (excluding diaryl/α,β-unsaturated/α-hetero) is 1. The Bertz CT molecular complexity index is 380. The lowest BCUT2D eigenvalue weighted by molar-refractivity contribution is 0.0936. The van der Waals surface area contributed by atoms with Gasteiger partial charge in [-0.05, 0) is 31.4 Å². The van der Waals surface area contributed by atoms with Crippen LogP contribution in [0.1, 0.15) is 47.3 Å². The first-order chi connectivity index (χ1) is 7.16. The van der Waals surface area contributed by atoms with E-state index >= 15 is 0 Å². The zero-order valence-corrected chi connectivity index (χ0v) is 9.42. The third-order valence-electron chi connectivity index (χ3n) is 3.36. The fourth-order valence-electron chi connectivity index (χ4n) is 1.87. The minimum absolute atomic E-state index is 0.260. The highest BCUT2D eigenvalue weighted by atomic mass is 16.1. The molecule has 1 aromatic rings. The first kappa shape index (κ1) is 10.3. The summed E-state index contributed by atoms with van der Waals surface area (Å²) in [4.78, 5) is 16.1. The van der Waals surface area contributed by atoms with Crippen LogP contribution in [0.15, 0.2) is 12.3 Å². The van der Waals surface area contributed by atoms with Gasteiger partial charge in [0.2, 0.25) is 0 Å². The van der Waals surface area contributed by atoms with Crippen molar-refractivity contribution in [1.29, 1.82) is 0 Å². The fourth-order valence-corrected chi connectivity index (χ4v) is 1.87. The van der Waals surface area contributed by atoms with Gasteiger partial charge in [0.05, 0.1) is 0 Å². The van der Waals surface area contributed by atoms with Crippen LogP contribution in [0.3, 0.4) is 0 Å². The monoisotopic (exact) mass is 203 g/mol. The Kier molecular flexibility index (Phi) is 2.85. The topological polar surface area (TPSA) is 30.0 Å². The summed E-state index contributed by atoms with van der Waals surface area (Å²) in [5, 5.41) is 0. The number of pyridine rings is 1. The van der Waals surface area contributed by atoms with Crippen molar-refractivity contribution in [1.82, 2.24) is 4.98 Å². The third kappa shape index (κ3) is 2.25. The van der Waals surface area contributed by atoms with Gasteiger partial charge in [0.25, 0.3) is 0 Å². The molecule has 1 aromatic heterocycles. The number of hydrogen-bond donors (Lipinski definition) is 0. The molecule has 0 N–H and O–H groups in total. The Morgan fingerprint density at radius 1 is 1.47 bits per heavy atom. The largest absolute Gasteiger partial charge is 0.294 e. The predicted molar refractivity (Wildman–Crippen MR) is 60.0 cm³/mol. The van der Waals surface area contributed by atoms with Gasteiger partial charge in [0.15, 0.2) is 5.78 Å². The first-order valence-electron chi connectivity index (χ1n) is 5.63. The summed E-state index contributed by atoms with van der Waals surface area (Å²) in [6.45, 7) is 3.97. The molecule has 1 aliphatic carbocycles. The molecule has 0 spiro atoms. The number of carbonyl (C=O) groups excluding carboxylic acids is 1. The smallest absolute Gasteiger partial charge is 0.164 e. The van der Waals surface area contributed by atoms with E-state index in [2.05, 4.69) is 4.98 Å². The minimum Gasteiger partial charge on any atom is -0.294 e. The molecule has 1 saturated carbocycles. The van der Waals surface area contributed by atoms with Gasteiger partial charge in [-0.25, -0.2) is 0 Å². The van der Waals surface area contributed by atoms with E-state index in [9.17, 15) is 4.79 Å². The van der Waals surface area contributed by atoms with Crippen LogP contribution in [0.5, 0.6) is 0 Å². The highest BCUT2D eigenvalue weighted by molar-refractivity contribution is 5.96. The number of carbonyl (C=O) groups is 1. The molecular formula is C13H17NO. The van der Waals surface area contributed by atoms with Crippen LogP contribution in [-0.2, 0) is 0 Å². The summed E-state index contributed by atoms with van der Waals surface area (Å²) in [7, 11) is 0. The quantitative estimate of drug-likeness (QED) is 0.707. The molecule has 1 fully saturated rings. The molecule has 1 aliphatic rings. The van der Waals surface area contributed by atoms with Crippen molar-refractivity contribution >= 4 is 5.78 Å². The zero-order valence-electron chi connectivity index (χ0n) is 9.42. The first-order valence-corrected chi connectivity index (χ1v) is 5.63. The summed E-state index contributed by atoms with van der Waals surface area (Å²) in [5.74, 6) is 0.898. The van der Waals surface area contributed by atoms with E-state index in [0.29, 0.717) is 12.3 Å². The molecule has 80 valence electrons. The summed E-state index contributed by atoms with van der Waals surface area (Å²) in [5.41, 5.74) is 2.90. The molecule has 0 saturated heterocycles. The van der Waals surface area contributed by atoms with Crippen LogP contribution in [0.25, 0.3) is 0 Å². The lowest BCUT2D eigenvalue weighted by atomic mass is 9.81. The minimum atomic E-state index is 0.260. The summed E-state index contributed by atoms with van der Waals surface area (Å²) < 4.78 is 0. The van der Waals surface area contributed by atoms with E-state index in [1.807, 2.05) is 19.9 Å². The predicted octanol–water partition coefficient (Wildman–Crippen LogP) is 3.07. The summed E-state index contributed by atoms with van der Waals surface area (Å²) in [6.07, 6.45) is 6.17. The number of aryl methyl sites for hydroxylation is 2. The third-order valence-corrected chi connectivity index (χ3v) is 3.36. The Balaban J connectivity index is 2.07. The van der Waals surface area contributed by atoms with Gasteiger partial charge in [-0.15, -0.1) is 0 Å². The maximum atomic E-state index is 11.9. The van der Waals surface area contributed by atoms with E-state index in [1.54, 1.807) is 6.20 Å². The highest BCUT2D eigenvalue weighted by Crippen LogP contribution is 2.30. The van der Waals surface area contributed by atoms with E-state index in [4.69, 9.17) is 0 Å². The van der Waals surface area contributed by atoms with Gasteiger partial charge in [-0.1, -0.05) is 19.3 Å². The van der Waals surface area contributed by atoms with Crippen LogP contribution in [0, 0.1) is 19.8 Å². The standard InChI is InChI=1S/C13H17NO/c1-9-6-12(8-14-10(9)2)13(15)7-11-4-3-5-11/h6,8,11H,3-5,7H2,1-2H3. The molecule has 0 amide bonds. The van der Waals surface area contributed by atoms with Gasteiger partial charge in [-0.2, -0.15) is 0 Å². The van der Waals surface area contributed by atoms with Crippen molar-refractivity contribution < 1.29 is 4.79 Å². The van der Waals surface area contributed by atoms with Crippen molar-refractivity contribution in [2.24, 2.45) is 5.92 Å². The number of aromatic nitrogens is 1. The molecule has 0 radical (unpaired) electrons. The molecule has 0 aliphatic heterocycles. The average molecular weight is 203 g/mol. The Morgan fingerprint density at radius 3 is 2.73 bits per heavy atom. The van der Waals surface area contributed by atoms with Crippen LogP contribution in [0.2, 0.25) is 0 Å². The van der Waals surface area contributed by atoms with Gasteiger partial charge in [-0.3, -0.25) is 9.78 Å². The van der Waals surface area contributed by atoms with E-state index in [1.165, 1.54) is 19.3 Å². The fraction of sp³-hybridized carbons (Fsp3) is 0.538. The van der Waals surface area contributed by atoms with Crippen LogP contribution < -0.4 is 0 Å². The van der Waals surface area contributed by atoms with Crippen molar-refractivity contribution in [3.8, 4) is 0 Å². The normalized spacial score (nSPS) is 16.1. The average Bonchev–Trinajstić information content (AvgIpc) is 2.15. The Labute approximate surface area is 90.7 Å². The van der Waals surface area contributed by atoms with Gasteiger partial charge in [0, 0.05) is 23.9 Å². The molecule has 0 atom stereocenters. The van der Waals surface area contributed by atoms with E-state index in [-0.39, 0.29) is 5.78 Å². The van der Waals surface area contributed by atoms with Crippen molar-refractivity contribution in [3.63, 3.8) is 0 Å². The molecule has 1 heterocycles. The number of rotatable bonds is 3. The molecule has 0 unspecified atom stereocenters. The van der Waals surface area contributed by atoms with E-state index < -0.39 is 0 Å². The molecule has 2 heteroatoms. The van der Waals surface area contributed by atoms with Crippen molar-refractivity contribution in [2.75, 3.05) is 0 Å². The van der Waals surface area contributed by atoms with Crippen molar-refractivity contribution in [3.05, 3.63) is 29.1 Å². The summed E-state index contributed by atoms with van der Waals surface area (Å²) >= 11 is 0. The molecule has 0 aromatic carbocycles. The molecule has 2 rings (SSSR count). The second-order valence-electron chi connectivity index (χ2n) is 4.55. The molecule has 2 nitrogen and oxygen atoms in total. The van der Waals surface area contributed by atoms with Gasteiger partial charge in [0.1, 0.15) is 0 Å². The Morgan fingerprint density at radius 2 is 2.20 bits per heavy atom. The van der Waals surface area contributed by atoms with Gasteiger partial charge >= 0.3 is 0 Å². The molecule has 0 bridgehead atoms. The van der Waals surface area contributed by atoms with Crippen LogP contribution >= 0.6 is 0 Å². The maximum absolute atomic E-state index is 11.9.